The van der Waals surface area contributed by atoms with Crippen molar-refractivity contribution in [1.29, 1.82) is 0 Å². The topological polar surface area (TPSA) is 65.7 Å². The van der Waals surface area contributed by atoms with Crippen molar-refractivity contribution in [2.45, 2.75) is 0 Å². The summed E-state index contributed by atoms with van der Waals surface area (Å²) in [6.07, 6.45) is 1.99. The predicted molar refractivity (Wildman–Crippen MR) is 69.0 cm³/mol. The maximum Gasteiger partial charge on any atom is 0.137 e. The van der Waals surface area contributed by atoms with Crippen molar-refractivity contribution in [3.8, 4) is 5.75 Å². The first kappa shape index (κ1) is 9.99. The molecule has 4 nitrogen and oxygen atoms in total. The molecule has 86 valence electrons. The van der Waals surface area contributed by atoms with Gasteiger partial charge in [0.25, 0.3) is 0 Å². The molecule has 0 spiro atoms. The molecule has 4 N–H and O–H groups in total. The molecule has 3 rings (SSSR count). The number of hydrogen-bond acceptors (Lipinski definition) is 3. The van der Waals surface area contributed by atoms with Crippen molar-refractivity contribution in [2.75, 3.05) is 12.5 Å². The van der Waals surface area contributed by atoms with Crippen molar-refractivity contribution >= 4 is 22.1 Å². The lowest BCUT2D eigenvalue weighted by Crippen LogP contribution is -2.07. The normalized spacial score (nSPS) is 11.1. The molecule has 0 aliphatic rings. The lowest BCUT2D eigenvalue weighted by molar-refractivity contribution is 0.330. The Hall–Kier alpha value is -2.20. The lowest BCUT2D eigenvalue weighted by Gasteiger charge is -2.02. The second-order valence-electron chi connectivity index (χ2n) is 3.86. The van der Waals surface area contributed by atoms with Crippen LogP contribution in [0.1, 0.15) is 0 Å². The number of hydrogen-bond donors (Lipinski definition) is 2. The number of aromatic nitrogens is 1. The molecule has 4 heteroatoms. The Labute approximate surface area is 98.4 Å². The molecule has 0 saturated heterocycles. The summed E-state index contributed by atoms with van der Waals surface area (Å²) in [5, 5.41) is 1.03. The Morgan fingerprint density at radius 2 is 2.00 bits per heavy atom. The van der Waals surface area contributed by atoms with Crippen LogP contribution >= 0.6 is 0 Å². The molecule has 0 aliphatic carbocycles. The van der Waals surface area contributed by atoms with Crippen LogP contribution in [0.25, 0.3) is 16.4 Å². The lowest BCUT2D eigenvalue weighted by atomic mass is 10.2. The zero-order valence-electron chi connectivity index (χ0n) is 9.26. The van der Waals surface area contributed by atoms with Crippen molar-refractivity contribution in [2.24, 2.45) is 5.73 Å². The molecule has 3 aromatic rings. The van der Waals surface area contributed by atoms with Gasteiger partial charge in [-0.3, -0.25) is 5.73 Å². The maximum atomic E-state index is 6.11. The van der Waals surface area contributed by atoms with Gasteiger partial charge >= 0.3 is 0 Å². The Morgan fingerprint density at radius 1 is 1.12 bits per heavy atom. The first-order valence-electron chi connectivity index (χ1n) is 5.42. The summed E-state index contributed by atoms with van der Waals surface area (Å²) in [4.78, 5) is 0. The summed E-state index contributed by atoms with van der Waals surface area (Å²) in [6, 6.07) is 11.7. The Bertz CT molecular complexity index is 688. The largest absolute Gasteiger partial charge is 0.479 e. The molecule has 0 radical (unpaired) electrons. The second kappa shape index (κ2) is 3.68. The van der Waals surface area contributed by atoms with E-state index in [1.165, 1.54) is 0 Å². The number of fused-ring (bicyclic) bond motifs is 3. The van der Waals surface area contributed by atoms with Crippen molar-refractivity contribution < 1.29 is 4.74 Å². The minimum Gasteiger partial charge on any atom is -0.479 e. The van der Waals surface area contributed by atoms with Gasteiger partial charge in [0.2, 0.25) is 0 Å². The molecular formula is C13H13N3O. The number of benzene rings is 1. The predicted octanol–water partition coefficient (Wildman–Crippen LogP) is 1.97. The van der Waals surface area contributed by atoms with E-state index < -0.39 is 0 Å². The molecule has 0 atom stereocenters. The molecule has 0 unspecified atom stereocenters. The summed E-state index contributed by atoms with van der Waals surface area (Å²) in [5.74, 6) is 0.753. The van der Waals surface area contributed by atoms with E-state index in [0.717, 1.165) is 27.9 Å². The number of rotatable bonds is 2. The maximum absolute atomic E-state index is 6.11. The van der Waals surface area contributed by atoms with Crippen molar-refractivity contribution in [3.63, 3.8) is 0 Å². The number of pyridine rings is 1. The fraction of sp³-hybridized carbons (Fsp3) is 0.0769. The summed E-state index contributed by atoms with van der Waals surface area (Å²) < 4.78 is 7.35. The van der Waals surface area contributed by atoms with E-state index in [0.29, 0.717) is 0 Å². The Kier molecular flexibility index (Phi) is 2.16. The first-order valence-corrected chi connectivity index (χ1v) is 5.42. The van der Waals surface area contributed by atoms with Gasteiger partial charge < -0.3 is 14.9 Å². The van der Waals surface area contributed by atoms with Crippen molar-refractivity contribution in [1.82, 2.24) is 4.40 Å². The molecule has 0 aliphatic heterocycles. The molecule has 1 aromatic carbocycles. The van der Waals surface area contributed by atoms with E-state index >= 15 is 0 Å². The van der Waals surface area contributed by atoms with Gasteiger partial charge in [0.05, 0.1) is 16.7 Å². The van der Waals surface area contributed by atoms with E-state index in [-0.39, 0.29) is 6.73 Å². The van der Waals surface area contributed by atoms with Gasteiger partial charge in [-0.25, -0.2) is 0 Å². The highest BCUT2D eigenvalue weighted by Crippen LogP contribution is 2.31. The van der Waals surface area contributed by atoms with E-state index in [1.807, 2.05) is 47.0 Å². The van der Waals surface area contributed by atoms with Crippen LogP contribution in [0.5, 0.6) is 5.75 Å². The molecule has 17 heavy (non-hydrogen) atoms. The van der Waals surface area contributed by atoms with Crippen molar-refractivity contribution in [3.05, 3.63) is 42.6 Å². The van der Waals surface area contributed by atoms with Gasteiger partial charge in [0.1, 0.15) is 12.5 Å². The van der Waals surface area contributed by atoms with E-state index in [9.17, 15) is 0 Å². The third kappa shape index (κ3) is 1.42. The van der Waals surface area contributed by atoms with Crippen LogP contribution < -0.4 is 16.2 Å². The van der Waals surface area contributed by atoms with Gasteiger partial charge in [0, 0.05) is 17.6 Å². The Morgan fingerprint density at radius 3 is 2.82 bits per heavy atom. The van der Waals surface area contributed by atoms with Crippen LogP contribution in [-0.2, 0) is 0 Å². The van der Waals surface area contributed by atoms with E-state index in [2.05, 4.69) is 0 Å². The number of anilines is 1. The molecule has 0 amide bonds. The molecule has 0 fully saturated rings. The molecule has 2 heterocycles. The number of nitrogen functional groups attached to an aromatic ring is 1. The van der Waals surface area contributed by atoms with Crippen LogP contribution in [0.15, 0.2) is 42.6 Å². The Balaban J connectivity index is 2.38. The zero-order chi connectivity index (χ0) is 11.8. The number of nitrogens with two attached hydrogens (primary N) is 2. The highest BCUT2D eigenvalue weighted by Gasteiger charge is 2.08. The monoisotopic (exact) mass is 227 g/mol. The van der Waals surface area contributed by atoms with Gasteiger partial charge in [-0.15, -0.1) is 0 Å². The summed E-state index contributed by atoms with van der Waals surface area (Å²) in [7, 11) is 0. The van der Waals surface area contributed by atoms with Crippen LogP contribution in [0, 0.1) is 0 Å². The van der Waals surface area contributed by atoms with Gasteiger partial charge in [-0.05, 0) is 24.3 Å². The first-order chi connectivity index (χ1) is 8.31. The smallest absolute Gasteiger partial charge is 0.137 e. The summed E-state index contributed by atoms with van der Waals surface area (Å²) in [5.41, 5.74) is 14.3. The van der Waals surface area contributed by atoms with Crippen LogP contribution in [0.3, 0.4) is 0 Å². The number of nitrogens with zero attached hydrogens (tertiary/aromatic N) is 1. The minimum absolute atomic E-state index is 0.171. The van der Waals surface area contributed by atoms with E-state index in [4.69, 9.17) is 16.2 Å². The second-order valence-corrected chi connectivity index (χ2v) is 3.86. The SMILES string of the molecule is NCOc1ccc2c(N)c3ccccn3c2c1. The highest BCUT2D eigenvalue weighted by atomic mass is 16.5. The average Bonchev–Trinajstić information content (AvgIpc) is 2.65. The van der Waals surface area contributed by atoms with Gasteiger partial charge in [-0.2, -0.15) is 0 Å². The standard InChI is InChI=1S/C13H13N3O/c14-8-17-9-4-5-10-12(7-9)16-6-2-1-3-11(16)13(10)15/h1-7H,8,14-15H2. The molecule has 2 aromatic heterocycles. The van der Waals surface area contributed by atoms with E-state index in [1.54, 1.807) is 0 Å². The molecular weight excluding hydrogens is 214 g/mol. The fourth-order valence-electron chi connectivity index (χ4n) is 2.14. The van der Waals surface area contributed by atoms with Gasteiger partial charge in [-0.1, -0.05) is 6.07 Å². The average molecular weight is 227 g/mol. The molecule has 0 bridgehead atoms. The summed E-state index contributed by atoms with van der Waals surface area (Å²) >= 11 is 0. The summed E-state index contributed by atoms with van der Waals surface area (Å²) in [6.45, 7) is 0.171. The quantitative estimate of drug-likeness (QED) is 0.658. The zero-order valence-corrected chi connectivity index (χ0v) is 9.26. The number of ether oxygens (including phenoxy) is 1. The highest BCUT2D eigenvalue weighted by molar-refractivity contribution is 6.02. The fourth-order valence-corrected chi connectivity index (χ4v) is 2.14. The molecule has 0 saturated carbocycles. The van der Waals surface area contributed by atoms with Crippen LogP contribution in [0.2, 0.25) is 0 Å². The van der Waals surface area contributed by atoms with Gasteiger partial charge in [0.15, 0.2) is 0 Å². The van der Waals surface area contributed by atoms with Crippen LogP contribution in [0.4, 0.5) is 5.69 Å². The minimum atomic E-state index is 0.171. The third-order valence-corrected chi connectivity index (χ3v) is 2.90. The van der Waals surface area contributed by atoms with Crippen LogP contribution in [-0.4, -0.2) is 11.1 Å². The third-order valence-electron chi connectivity index (χ3n) is 2.90.